The van der Waals surface area contributed by atoms with Gasteiger partial charge in [0.15, 0.2) is 0 Å². The van der Waals surface area contributed by atoms with Crippen LogP contribution in [-0.4, -0.2) is 4.98 Å². The van der Waals surface area contributed by atoms with Gasteiger partial charge in [0.1, 0.15) is 11.6 Å². The van der Waals surface area contributed by atoms with Crippen molar-refractivity contribution in [1.29, 1.82) is 0 Å². The fourth-order valence-corrected chi connectivity index (χ4v) is 1.67. The molecule has 2 aromatic rings. The molecule has 1 N–H and O–H groups in total. The fraction of sp³-hybridized carbons (Fsp3) is 0.154. The van der Waals surface area contributed by atoms with Crippen LogP contribution in [0.25, 0.3) is 0 Å². The van der Waals surface area contributed by atoms with Gasteiger partial charge in [-0.3, -0.25) is 4.98 Å². The van der Waals surface area contributed by atoms with Crippen LogP contribution in [0.4, 0.5) is 14.5 Å². The van der Waals surface area contributed by atoms with Crippen molar-refractivity contribution in [2.45, 2.75) is 13.0 Å². The number of halogens is 3. The molecular weight excluding hydrogens is 258 g/mol. The van der Waals surface area contributed by atoms with Crippen LogP contribution < -0.4 is 5.32 Å². The maximum Gasteiger partial charge on any atom is 0.143 e. The second kappa shape index (κ2) is 5.31. The molecule has 0 bridgehead atoms. The van der Waals surface area contributed by atoms with E-state index in [0.29, 0.717) is 11.4 Å². The topological polar surface area (TPSA) is 24.9 Å². The van der Waals surface area contributed by atoms with Crippen LogP contribution in [0.15, 0.2) is 36.5 Å². The van der Waals surface area contributed by atoms with Crippen LogP contribution in [0.5, 0.6) is 0 Å². The monoisotopic (exact) mass is 268 g/mol. The summed E-state index contributed by atoms with van der Waals surface area (Å²) in [5, 5.41) is 3.14. The largest absolute Gasteiger partial charge is 0.377 e. The van der Waals surface area contributed by atoms with E-state index in [0.717, 1.165) is 6.20 Å². The molecule has 1 unspecified atom stereocenters. The number of nitrogens with zero attached hydrogens (tertiary/aromatic N) is 1. The van der Waals surface area contributed by atoms with Gasteiger partial charge in [0.05, 0.1) is 23.0 Å². The number of hydrogen-bond donors (Lipinski definition) is 1. The standard InChI is InChI=1S/C13H11ClF2N2/c1-8(13-5-2-9(15)7-17-13)18-10-3-4-11(14)12(16)6-10/h2-8,18H,1H3. The van der Waals surface area contributed by atoms with Gasteiger partial charge in [0.25, 0.3) is 0 Å². The first-order valence-electron chi connectivity index (χ1n) is 5.39. The number of pyridine rings is 1. The van der Waals surface area contributed by atoms with Crippen molar-refractivity contribution in [3.05, 3.63) is 58.9 Å². The van der Waals surface area contributed by atoms with Gasteiger partial charge in [0.2, 0.25) is 0 Å². The third kappa shape index (κ3) is 2.96. The van der Waals surface area contributed by atoms with Crippen molar-refractivity contribution in [2.75, 3.05) is 5.32 Å². The van der Waals surface area contributed by atoms with Crippen LogP contribution in [0.3, 0.4) is 0 Å². The molecule has 0 aliphatic carbocycles. The van der Waals surface area contributed by atoms with Gasteiger partial charge < -0.3 is 5.32 Å². The normalized spacial score (nSPS) is 12.2. The van der Waals surface area contributed by atoms with E-state index in [1.54, 1.807) is 12.1 Å². The van der Waals surface area contributed by atoms with E-state index in [-0.39, 0.29) is 16.9 Å². The number of rotatable bonds is 3. The Morgan fingerprint density at radius 3 is 2.61 bits per heavy atom. The highest BCUT2D eigenvalue weighted by Gasteiger charge is 2.08. The molecular formula is C13H11ClF2N2. The van der Waals surface area contributed by atoms with E-state index in [9.17, 15) is 8.78 Å². The van der Waals surface area contributed by atoms with Crippen LogP contribution >= 0.6 is 11.6 Å². The molecule has 0 spiro atoms. The van der Waals surface area contributed by atoms with E-state index in [1.807, 2.05) is 6.92 Å². The number of benzene rings is 1. The second-order valence-electron chi connectivity index (χ2n) is 3.90. The van der Waals surface area contributed by atoms with Crippen molar-refractivity contribution in [1.82, 2.24) is 4.98 Å². The van der Waals surface area contributed by atoms with E-state index in [2.05, 4.69) is 10.3 Å². The quantitative estimate of drug-likeness (QED) is 0.903. The Balaban J connectivity index is 2.13. The lowest BCUT2D eigenvalue weighted by atomic mass is 10.2. The molecule has 0 saturated heterocycles. The zero-order valence-electron chi connectivity index (χ0n) is 9.62. The van der Waals surface area contributed by atoms with Crippen molar-refractivity contribution in [2.24, 2.45) is 0 Å². The Morgan fingerprint density at radius 2 is 2.00 bits per heavy atom. The zero-order valence-corrected chi connectivity index (χ0v) is 10.4. The molecule has 18 heavy (non-hydrogen) atoms. The van der Waals surface area contributed by atoms with Gasteiger partial charge in [-0.05, 0) is 37.3 Å². The van der Waals surface area contributed by atoms with Gasteiger partial charge >= 0.3 is 0 Å². The van der Waals surface area contributed by atoms with E-state index >= 15 is 0 Å². The van der Waals surface area contributed by atoms with E-state index < -0.39 is 5.82 Å². The zero-order chi connectivity index (χ0) is 13.1. The third-order valence-electron chi connectivity index (χ3n) is 2.50. The van der Waals surface area contributed by atoms with Gasteiger partial charge in [-0.1, -0.05) is 11.6 Å². The molecule has 1 aromatic heterocycles. The summed E-state index contributed by atoms with van der Waals surface area (Å²) in [6, 6.07) is 7.21. The highest BCUT2D eigenvalue weighted by molar-refractivity contribution is 6.30. The van der Waals surface area contributed by atoms with Gasteiger partial charge in [-0.25, -0.2) is 8.78 Å². The van der Waals surface area contributed by atoms with Crippen molar-refractivity contribution >= 4 is 17.3 Å². The molecule has 0 aliphatic rings. The molecule has 5 heteroatoms. The average Bonchev–Trinajstić information content (AvgIpc) is 2.34. The predicted octanol–water partition coefficient (Wildman–Crippen LogP) is 4.19. The summed E-state index contributed by atoms with van der Waals surface area (Å²) in [5.74, 6) is -0.871. The molecule has 2 nitrogen and oxygen atoms in total. The molecule has 0 amide bonds. The minimum Gasteiger partial charge on any atom is -0.377 e. The van der Waals surface area contributed by atoms with Crippen molar-refractivity contribution in [3.63, 3.8) is 0 Å². The van der Waals surface area contributed by atoms with E-state index in [1.165, 1.54) is 18.2 Å². The lowest BCUT2D eigenvalue weighted by Gasteiger charge is -2.14. The average molecular weight is 269 g/mol. The summed E-state index contributed by atoms with van der Waals surface area (Å²) >= 11 is 5.59. The highest BCUT2D eigenvalue weighted by atomic mass is 35.5. The lowest BCUT2D eigenvalue weighted by Crippen LogP contribution is -2.08. The fourth-order valence-electron chi connectivity index (χ4n) is 1.55. The molecule has 2 rings (SSSR count). The molecule has 94 valence electrons. The summed E-state index contributed by atoms with van der Waals surface area (Å²) in [4.78, 5) is 3.96. The smallest absolute Gasteiger partial charge is 0.143 e. The number of hydrogen-bond acceptors (Lipinski definition) is 2. The summed E-state index contributed by atoms with van der Waals surface area (Å²) in [5.41, 5.74) is 1.27. The second-order valence-corrected chi connectivity index (χ2v) is 4.30. The van der Waals surface area contributed by atoms with E-state index in [4.69, 9.17) is 11.6 Å². The molecule has 1 aromatic carbocycles. The Bertz CT molecular complexity index is 543. The molecule has 0 radical (unpaired) electrons. The Labute approximate surface area is 109 Å². The Kier molecular flexibility index (Phi) is 3.77. The first-order valence-corrected chi connectivity index (χ1v) is 5.77. The molecule has 1 atom stereocenters. The number of anilines is 1. The first-order chi connectivity index (χ1) is 8.56. The molecule has 0 aliphatic heterocycles. The summed E-state index contributed by atoms with van der Waals surface area (Å²) < 4.78 is 26.0. The third-order valence-corrected chi connectivity index (χ3v) is 2.80. The van der Waals surface area contributed by atoms with Gasteiger partial charge in [-0.15, -0.1) is 0 Å². The lowest BCUT2D eigenvalue weighted by molar-refractivity contribution is 0.617. The Morgan fingerprint density at radius 1 is 1.22 bits per heavy atom. The van der Waals surface area contributed by atoms with Gasteiger partial charge in [0, 0.05) is 5.69 Å². The summed E-state index contributed by atoms with van der Waals surface area (Å²) in [7, 11) is 0. The van der Waals surface area contributed by atoms with Crippen LogP contribution in [0.1, 0.15) is 18.7 Å². The number of nitrogens with one attached hydrogen (secondary N) is 1. The van der Waals surface area contributed by atoms with Crippen molar-refractivity contribution < 1.29 is 8.78 Å². The summed E-state index contributed by atoms with van der Waals surface area (Å²) in [6.07, 6.45) is 1.15. The van der Waals surface area contributed by atoms with Crippen LogP contribution in [-0.2, 0) is 0 Å². The molecule has 0 fully saturated rings. The van der Waals surface area contributed by atoms with Gasteiger partial charge in [-0.2, -0.15) is 0 Å². The summed E-state index contributed by atoms with van der Waals surface area (Å²) in [6.45, 7) is 1.85. The Hall–Kier alpha value is -1.68. The minimum absolute atomic E-state index is 0.0770. The SMILES string of the molecule is CC(Nc1ccc(Cl)c(F)c1)c1ccc(F)cn1. The van der Waals surface area contributed by atoms with Crippen molar-refractivity contribution in [3.8, 4) is 0 Å². The first kappa shape index (κ1) is 12.8. The maximum absolute atomic E-state index is 13.2. The molecule has 1 heterocycles. The number of aromatic nitrogens is 1. The highest BCUT2D eigenvalue weighted by Crippen LogP contribution is 2.22. The predicted molar refractivity (Wildman–Crippen MR) is 67.6 cm³/mol. The van der Waals surface area contributed by atoms with Crippen LogP contribution in [0.2, 0.25) is 5.02 Å². The molecule has 0 saturated carbocycles. The maximum atomic E-state index is 13.2. The minimum atomic E-state index is -0.485. The van der Waals surface area contributed by atoms with Crippen LogP contribution in [0, 0.1) is 11.6 Å².